The number of pyridine rings is 1. The summed E-state index contributed by atoms with van der Waals surface area (Å²) in [4.78, 5) is 127. The number of unbranched alkanes of at least 4 members (excludes halogenated alkanes) is 1. The van der Waals surface area contributed by atoms with Crippen LogP contribution >= 0.6 is 0 Å². The number of hydrogen-bond donors (Lipinski definition) is 12. The summed E-state index contributed by atoms with van der Waals surface area (Å²) in [5.74, 6) is -5.75. The summed E-state index contributed by atoms with van der Waals surface area (Å²) in [5, 5.41) is 52.8. The zero-order valence-electron chi connectivity index (χ0n) is 60.9. The number of H-pyrrole nitrogens is 1. The number of carbonyl (C=O) groups excluding carboxylic acids is 4. The number of carbonyl (C=O) groups is 8. The summed E-state index contributed by atoms with van der Waals surface area (Å²) in [6.45, 7) is 6.81. The number of alkyl halides is 2. The van der Waals surface area contributed by atoms with Crippen molar-refractivity contribution in [2.24, 2.45) is 12.8 Å². The largest absolute Gasteiger partial charge is 0.494 e. The maximum atomic E-state index is 13.7. The van der Waals surface area contributed by atoms with Crippen molar-refractivity contribution in [3.63, 3.8) is 0 Å². The van der Waals surface area contributed by atoms with Crippen molar-refractivity contribution < 1.29 is 103 Å². The number of carboxylic acid groups (broad SMARTS) is 4. The van der Waals surface area contributed by atoms with Crippen molar-refractivity contribution in [1.29, 1.82) is 1.45 Å². The van der Waals surface area contributed by atoms with Gasteiger partial charge in [0.2, 0.25) is 33.2 Å². The number of aryl methyl sites for hydroxylation is 3. The molecule has 13 N–H and O–H groups in total. The minimum absolute atomic E-state index is 0. The zero-order valence-corrected chi connectivity index (χ0v) is 58.7. The molecule has 37 heteroatoms. The number of aliphatic carboxylic acids is 4. The van der Waals surface area contributed by atoms with Crippen LogP contribution in [0, 0.1) is 13.8 Å². The number of halogens is 3. The first-order valence-corrected chi connectivity index (χ1v) is 34.1. The number of nitrogens with one attached hydrogen (secondary N) is 7. The van der Waals surface area contributed by atoms with Crippen LogP contribution < -0.4 is 47.2 Å². The van der Waals surface area contributed by atoms with Crippen LogP contribution in [0.15, 0.2) is 58.6 Å². The molecule has 0 unspecified atom stereocenters. The second-order valence-electron chi connectivity index (χ2n) is 23.1. The summed E-state index contributed by atoms with van der Waals surface area (Å²) in [5.41, 5.74) is 6.76. The van der Waals surface area contributed by atoms with E-state index in [-0.39, 0.29) is 144 Å². The van der Waals surface area contributed by atoms with Crippen molar-refractivity contribution in [2.45, 2.75) is 89.7 Å². The van der Waals surface area contributed by atoms with E-state index in [1.54, 1.807) is 61.8 Å². The zero-order chi connectivity index (χ0) is 78.0. The first kappa shape index (κ1) is 87.8. The van der Waals surface area contributed by atoms with Gasteiger partial charge in [-0.1, -0.05) is 13.5 Å². The Balaban J connectivity index is 0.0000116. The monoisotopic (exact) mass is 1480 g/mol. The van der Waals surface area contributed by atoms with Gasteiger partial charge in [0.15, 0.2) is 5.95 Å². The second kappa shape index (κ2) is 50.9. The van der Waals surface area contributed by atoms with E-state index in [0.29, 0.717) is 129 Å². The van der Waals surface area contributed by atoms with Gasteiger partial charge in [-0.3, -0.25) is 76.2 Å². The molecular formula is C65H107F3N14O19S. The molecule has 0 aliphatic carbocycles. The lowest BCUT2D eigenvalue weighted by Crippen LogP contribution is -2.52. The molecule has 0 spiro atoms. The van der Waals surface area contributed by atoms with Crippen LogP contribution in [0.1, 0.15) is 82.4 Å². The number of aromatic nitrogens is 3. The predicted octanol–water partition coefficient (Wildman–Crippen LogP) is 1.17. The van der Waals surface area contributed by atoms with Crippen LogP contribution in [-0.4, -0.2) is 289 Å². The molecule has 1 aliphatic rings. The minimum atomic E-state index is -4.47. The number of carboxylic acids is 4. The molecule has 3 heterocycles. The molecule has 578 valence electrons. The highest BCUT2D eigenvalue weighted by Crippen LogP contribution is 2.26. The van der Waals surface area contributed by atoms with Gasteiger partial charge in [-0.05, 0) is 99.9 Å². The van der Waals surface area contributed by atoms with E-state index >= 15 is 0 Å². The Morgan fingerprint density at radius 2 is 1.23 bits per heavy atom. The van der Waals surface area contributed by atoms with E-state index < -0.39 is 69.8 Å². The number of amides is 4. The number of sulfonamides is 1. The Kier molecular flexibility index (Phi) is 43.8. The number of nitrogens with two attached hydrogens (primary N) is 1. The summed E-state index contributed by atoms with van der Waals surface area (Å²) < 4.78 is 95.7. The van der Waals surface area contributed by atoms with Gasteiger partial charge in [0.25, 0.3) is 7.36 Å². The molecule has 2 aromatic heterocycles. The highest BCUT2D eigenvalue weighted by molar-refractivity contribution is 7.89. The van der Waals surface area contributed by atoms with Crippen LogP contribution in [0.2, 0.25) is 0 Å². The molecule has 1 aliphatic heterocycles. The quantitative estimate of drug-likeness (QED) is 0.0277. The van der Waals surface area contributed by atoms with Gasteiger partial charge in [-0.2, -0.15) is 4.72 Å². The number of benzene rings is 2. The number of aromatic amines is 1. The van der Waals surface area contributed by atoms with Gasteiger partial charge in [0.1, 0.15) is 23.4 Å². The van der Waals surface area contributed by atoms with E-state index in [1.807, 2.05) is 0 Å². The summed E-state index contributed by atoms with van der Waals surface area (Å²) >= 11 is 0. The highest BCUT2D eigenvalue weighted by Gasteiger charge is 2.30. The summed E-state index contributed by atoms with van der Waals surface area (Å²) in [6.07, 6.45) is 7.72. The molecule has 2 atom stereocenters. The molecule has 1 saturated heterocycles. The first-order chi connectivity index (χ1) is 49.9. The van der Waals surface area contributed by atoms with E-state index in [2.05, 4.69) is 42.7 Å². The molecule has 4 amide bonds. The highest BCUT2D eigenvalue weighted by atomic mass is 32.2. The molecule has 2 aromatic carbocycles. The average Bonchev–Trinajstić information content (AvgIpc) is 0.946. The smallest absolute Gasteiger partial charge is 0.323 e. The predicted molar refractivity (Wildman–Crippen MR) is 376 cm³/mol. The van der Waals surface area contributed by atoms with Crippen LogP contribution in [0.3, 0.4) is 0 Å². The van der Waals surface area contributed by atoms with E-state index in [4.69, 9.17) is 32.4 Å². The normalized spacial score (nSPS) is 14.0. The minimum Gasteiger partial charge on any atom is -0.494 e. The molecule has 4 aromatic rings. The molecule has 0 saturated carbocycles. The maximum Gasteiger partial charge on any atom is 0.323 e. The van der Waals surface area contributed by atoms with Gasteiger partial charge in [0.05, 0.1) is 84.0 Å². The average molecular weight is 1480 g/mol. The van der Waals surface area contributed by atoms with Gasteiger partial charge in [0, 0.05) is 132 Å². The molecule has 0 radical (unpaired) electrons. The third-order valence-corrected chi connectivity index (χ3v) is 17.1. The molecular weight excluding hydrogens is 1370 g/mol. The molecule has 1 fully saturated rings. The fourth-order valence-electron chi connectivity index (χ4n) is 10.4. The van der Waals surface area contributed by atoms with Crippen LogP contribution in [0.25, 0.3) is 10.9 Å². The fourth-order valence-corrected chi connectivity index (χ4v) is 12.1. The van der Waals surface area contributed by atoms with Crippen molar-refractivity contribution in [3.05, 3.63) is 81.4 Å². The lowest BCUT2D eigenvalue weighted by atomic mass is 10.1. The summed E-state index contributed by atoms with van der Waals surface area (Å²) in [6, 6.07) is 5.42. The fraction of sp³-hybridized carbons (Fsp3) is 0.600. The lowest BCUT2D eigenvalue weighted by molar-refractivity contribution is -0.140. The van der Waals surface area contributed by atoms with Crippen molar-refractivity contribution in [1.82, 2.24) is 60.1 Å². The molecule has 102 heavy (non-hydrogen) atoms. The van der Waals surface area contributed by atoms with E-state index in [0.717, 1.165) is 5.56 Å². The van der Waals surface area contributed by atoms with Gasteiger partial charge in [-0.25, -0.2) is 13.4 Å². The second-order valence-corrected chi connectivity index (χ2v) is 24.7. The van der Waals surface area contributed by atoms with Crippen molar-refractivity contribution >= 4 is 74.4 Å². The standard InChI is InChI=1S/C62H94N14O19S.2CH3F.CH4.FH.H2/c1-43-33-46(34-44(2)58(43)96(90,91)71-50(61(88)89)37-68-59(86)48-38-72(3)51-35-45(11-12-47(51)57(48)85)36-69-62-66-16-17-67-62)95-28-6-10-52(77)64-14-7-26-92-29-31-94-32-30-93-27-8-15-65-60(87)49(9-4-5-13-63)70-53(78)39-73-18-20-74(40-54(79)80)22-24-76(42-56(83)84)25-23-75(21-19-73)41-55(81)82;2*1-2;;;/h11-12,16-17,33-35,38,49-50,71H,4-10,13-15,18-32,36-37,39-42,63H2,1-3H3,(H,64,77)(H,65,87)(H,68,86)(H,70,78)(H,79,80)(H,81,82)(H,83,84)(H,88,89)(H2,66,67,69);2*1H3;1H4;2*1H/t49-,50+;;;;;/m1...../s1/i;;;;;1+2T/hT. The number of nitrogens with zero attached hydrogens (tertiary/aromatic N) is 6. The Morgan fingerprint density at radius 3 is 1.73 bits per heavy atom. The number of imidazole rings is 1. The van der Waals surface area contributed by atoms with Gasteiger partial charge < -0.3 is 81.2 Å². The topological polar surface area (TPSA) is 450 Å². The Morgan fingerprint density at radius 1 is 0.706 bits per heavy atom. The first-order valence-electron chi connectivity index (χ1n) is 34.0. The van der Waals surface area contributed by atoms with Crippen molar-refractivity contribution in [3.8, 4) is 5.75 Å². The molecule has 5 rings (SSSR count). The van der Waals surface area contributed by atoms with Crippen molar-refractivity contribution in [2.75, 3.05) is 171 Å². The molecule has 33 nitrogen and oxygen atoms in total. The third kappa shape index (κ3) is 35.0. The van der Waals surface area contributed by atoms with Gasteiger partial charge in [-0.15, -0.1) is 0 Å². The number of hydrogen-bond acceptors (Lipinski definition) is 22. The number of anilines is 1. The third-order valence-electron chi connectivity index (χ3n) is 15.3. The number of fused-ring (bicyclic) bond motifs is 1. The van der Waals surface area contributed by atoms with Gasteiger partial charge >= 0.3 is 23.9 Å². The Hall–Kier alpha value is -8.40. The van der Waals surface area contributed by atoms with E-state index in [1.165, 1.54) is 32.2 Å². The van der Waals surface area contributed by atoms with Crippen LogP contribution in [0.4, 0.5) is 19.4 Å². The number of ether oxygens (including phenoxy) is 4. The van der Waals surface area contributed by atoms with Crippen LogP contribution in [0.5, 0.6) is 5.75 Å². The SMILES string of the molecule is C.CF.CF.Cc1cc(OCCCC(=O)NCCCOCCOCCOCCCNC(=O)[C@@H](CCCCN)NC(=O)CN2CCN(CC(=O)O)CCN(CC(=O)O)CCN(CC(=O)O)CC2)cc(C)c1S(=O)(=O)N[C@@H](CNC(=O)c1cn(C)c2cc(CNc3ncc[nH]3)ccc2c1=O)C(=O)O.[3H]F.[3H][3H]. The Labute approximate surface area is 596 Å². The Bertz CT molecular complexity index is 3340. The lowest BCUT2D eigenvalue weighted by Gasteiger charge is -2.33. The van der Waals surface area contributed by atoms with E-state index in [9.17, 15) is 80.8 Å². The summed E-state index contributed by atoms with van der Waals surface area (Å²) in [7, 11) is -1.82. The number of rotatable bonds is 43. The van der Waals surface area contributed by atoms with Crippen LogP contribution in [-0.2, 0) is 71.4 Å². The maximum absolute atomic E-state index is 13.7. The molecule has 0 bridgehead atoms.